The van der Waals surface area contributed by atoms with Gasteiger partial charge in [0.25, 0.3) is 0 Å². The number of nitrogens with one attached hydrogen (secondary N) is 1. The Morgan fingerprint density at radius 3 is 2.83 bits per heavy atom. The third kappa shape index (κ3) is 7.61. The van der Waals surface area contributed by atoms with Crippen LogP contribution < -0.4 is 11.1 Å². The van der Waals surface area contributed by atoms with Gasteiger partial charge in [-0.15, -0.1) is 0 Å². The normalized spacial score (nSPS) is 19.4. The van der Waals surface area contributed by atoms with Crippen LogP contribution in [0.5, 0.6) is 0 Å². The molecule has 1 saturated heterocycles. The lowest BCUT2D eigenvalue weighted by Gasteiger charge is -2.22. The summed E-state index contributed by atoms with van der Waals surface area (Å²) in [5.41, 5.74) is 5.39. The highest BCUT2D eigenvalue weighted by Crippen LogP contribution is 2.16. The molecule has 1 rings (SSSR count). The lowest BCUT2D eigenvalue weighted by Crippen LogP contribution is -2.27. The van der Waals surface area contributed by atoms with Crippen molar-refractivity contribution in [1.82, 2.24) is 5.32 Å². The molecule has 1 heterocycles. The largest absolute Gasteiger partial charge is 0.393 e. The van der Waals surface area contributed by atoms with Crippen LogP contribution in [0.4, 0.5) is 0 Å². The van der Waals surface area contributed by atoms with Gasteiger partial charge in [0.05, 0.1) is 11.1 Å². The lowest BCUT2D eigenvalue weighted by atomic mass is 10.0. The summed E-state index contributed by atoms with van der Waals surface area (Å²) in [6.07, 6.45) is 7.83. The molecule has 0 spiro atoms. The third-order valence-corrected chi connectivity index (χ3v) is 3.34. The summed E-state index contributed by atoms with van der Waals surface area (Å²) in [5, 5.41) is 2.92. The Hall–Kier alpha value is -0.680. The van der Waals surface area contributed by atoms with E-state index in [2.05, 4.69) is 5.32 Å². The number of nitrogens with two attached hydrogens (primary N) is 1. The zero-order chi connectivity index (χ0) is 13.2. The Labute approximate surface area is 115 Å². The molecule has 1 atom stereocenters. The molecule has 18 heavy (non-hydrogen) atoms. The van der Waals surface area contributed by atoms with E-state index in [1.54, 1.807) is 0 Å². The van der Waals surface area contributed by atoms with Crippen molar-refractivity contribution in [1.29, 1.82) is 0 Å². The van der Waals surface area contributed by atoms with Crippen LogP contribution in [0.1, 0.15) is 51.4 Å². The Bertz CT molecular complexity index is 266. The first-order valence-electron chi connectivity index (χ1n) is 6.85. The fourth-order valence-corrected chi connectivity index (χ4v) is 2.21. The zero-order valence-electron chi connectivity index (χ0n) is 11.0. The number of ether oxygens (including phenoxy) is 1. The van der Waals surface area contributed by atoms with Gasteiger partial charge in [-0.1, -0.05) is 12.2 Å². The summed E-state index contributed by atoms with van der Waals surface area (Å²) in [7, 11) is 0. The first kappa shape index (κ1) is 15.4. The topological polar surface area (TPSA) is 64.3 Å². The van der Waals surface area contributed by atoms with Crippen LogP contribution in [0.25, 0.3) is 0 Å². The van der Waals surface area contributed by atoms with Crippen molar-refractivity contribution in [2.45, 2.75) is 57.5 Å². The molecule has 0 aromatic rings. The predicted octanol–water partition coefficient (Wildman–Crippen LogP) is 1.91. The van der Waals surface area contributed by atoms with Gasteiger partial charge >= 0.3 is 0 Å². The lowest BCUT2D eigenvalue weighted by molar-refractivity contribution is -0.122. The van der Waals surface area contributed by atoms with Crippen molar-refractivity contribution in [3.8, 4) is 0 Å². The number of rotatable bonds is 8. The molecular weight excluding hydrogens is 248 g/mol. The average Bonchev–Trinajstić information content (AvgIpc) is 2.37. The summed E-state index contributed by atoms with van der Waals surface area (Å²) < 4.78 is 5.59. The maximum absolute atomic E-state index is 11.6. The first-order chi connectivity index (χ1) is 8.68. The molecule has 1 amide bonds. The molecule has 1 fully saturated rings. The van der Waals surface area contributed by atoms with Crippen LogP contribution >= 0.6 is 12.2 Å². The van der Waals surface area contributed by atoms with Crippen molar-refractivity contribution >= 4 is 23.1 Å². The van der Waals surface area contributed by atoms with E-state index in [1.807, 2.05) is 0 Å². The van der Waals surface area contributed by atoms with Gasteiger partial charge in [-0.05, 0) is 44.9 Å². The SMILES string of the molecule is NC(=S)CCCCNC(=O)CCC1CCCCO1. The number of carbonyl (C=O) groups excluding carboxylic acids is 1. The van der Waals surface area contributed by atoms with E-state index in [4.69, 9.17) is 22.7 Å². The van der Waals surface area contributed by atoms with E-state index in [0.717, 1.165) is 45.1 Å². The summed E-state index contributed by atoms with van der Waals surface area (Å²) in [5.74, 6) is 0.125. The minimum absolute atomic E-state index is 0.125. The van der Waals surface area contributed by atoms with Crippen LogP contribution in [0.15, 0.2) is 0 Å². The Morgan fingerprint density at radius 2 is 2.17 bits per heavy atom. The van der Waals surface area contributed by atoms with Crippen LogP contribution in [0.2, 0.25) is 0 Å². The van der Waals surface area contributed by atoms with Crippen molar-refractivity contribution in [2.24, 2.45) is 5.73 Å². The Kier molecular flexibility index (Phi) is 7.93. The van der Waals surface area contributed by atoms with Gasteiger partial charge < -0.3 is 15.8 Å². The summed E-state index contributed by atoms with van der Waals surface area (Å²) in [6.45, 7) is 1.57. The van der Waals surface area contributed by atoms with Crippen molar-refractivity contribution in [3.05, 3.63) is 0 Å². The molecule has 0 aromatic heterocycles. The number of thiocarbonyl (C=S) groups is 1. The Balaban J connectivity index is 1.94. The molecule has 5 heteroatoms. The number of amides is 1. The van der Waals surface area contributed by atoms with Gasteiger partial charge in [-0.25, -0.2) is 0 Å². The second kappa shape index (κ2) is 9.28. The third-order valence-electron chi connectivity index (χ3n) is 3.14. The smallest absolute Gasteiger partial charge is 0.220 e. The molecule has 0 aromatic carbocycles. The molecule has 0 bridgehead atoms. The molecule has 0 saturated carbocycles. The molecule has 4 nitrogen and oxygen atoms in total. The highest BCUT2D eigenvalue weighted by molar-refractivity contribution is 7.80. The van der Waals surface area contributed by atoms with Crippen molar-refractivity contribution < 1.29 is 9.53 Å². The van der Waals surface area contributed by atoms with Crippen molar-refractivity contribution in [3.63, 3.8) is 0 Å². The monoisotopic (exact) mass is 272 g/mol. The maximum Gasteiger partial charge on any atom is 0.220 e. The van der Waals surface area contributed by atoms with Gasteiger partial charge in [0.15, 0.2) is 0 Å². The summed E-state index contributed by atoms with van der Waals surface area (Å²) >= 11 is 4.79. The maximum atomic E-state index is 11.6. The van der Waals surface area contributed by atoms with E-state index >= 15 is 0 Å². The first-order valence-corrected chi connectivity index (χ1v) is 7.26. The van der Waals surface area contributed by atoms with E-state index in [1.165, 1.54) is 6.42 Å². The molecule has 104 valence electrons. The highest BCUT2D eigenvalue weighted by Gasteiger charge is 2.14. The molecule has 0 radical (unpaired) electrons. The van der Waals surface area contributed by atoms with Gasteiger partial charge in [0, 0.05) is 19.6 Å². The van der Waals surface area contributed by atoms with Crippen LogP contribution in [0, 0.1) is 0 Å². The van der Waals surface area contributed by atoms with Gasteiger partial charge in [0.2, 0.25) is 5.91 Å². The molecule has 0 aliphatic carbocycles. The fourth-order valence-electron chi connectivity index (χ4n) is 2.07. The molecule has 1 aliphatic rings. The summed E-state index contributed by atoms with van der Waals surface area (Å²) in [4.78, 5) is 12.1. The van der Waals surface area contributed by atoms with E-state index in [9.17, 15) is 4.79 Å². The van der Waals surface area contributed by atoms with Gasteiger partial charge in [-0.2, -0.15) is 0 Å². The average molecular weight is 272 g/mol. The second-order valence-electron chi connectivity index (χ2n) is 4.80. The van der Waals surface area contributed by atoms with Gasteiger partial charge in [0.1, 0.15) is 0 Å². The van der Waals surface area contributed by atoms with Crippen LogP contribution in [-0.2, 0) is 9.53 Å². The van der Waals surface area contributed by atoms with Crippen LogP contribution in [0.3, 0.4) is 0 Å². The number of hydrogen-bond donors (Lipinski definition) is 2. The molecule has 1 aliphatic heterocycles. The van der Waals surface area contributed by atoms with Gasteiger partial charge in [-0.3, -0.25) is 4.79 Å². The fraction of sp³-hybridized carbons (Fsp3) is 0.846. The van der Waals surface area contributed by atoms with Crippen LogP contribution in [-0.4, -0.2) is 30.2 Å². The Morgan fingerprint density at radius 1 is 1.33 bits per heavy atom. The van der Waals surface area contributed by atoms with E-state index < -0.39 is 0 Å². The quantitative estimate of drug-likeness (QED) is 0.523. The highest BCUT2D eigenvalue weighted by atomic mass is 32.1. The van der Waals surface area contributed by atoms with E-state index in [0.29, 0.717) is 24.1 Å². The minimum atomic E-state index is 0.125. The minimum Gasteiger partial charge on any atom is -0.393 e. The van der Waals surface area contributed by atoms with Crippen molar-refractivity contribution in [2.75, 3.05) is 13.2 Å². The molecule has 1 unspecified atom stereocenters. The second-order valence-corrected chi connectivity index (χ2v) is 5.33. The number of unbranched alkanes of at least 4 members (excludes halogenated alkanes) is 1. The zero-order valence-corrected chi connectivity index (χ0v) is 11.8. The molecule has 3 N–H and O–H groups in total. The van der Waals surface area contributed by atoms with E-state index in [-0.39, 0.29) is 5.91 Å². The number of carbonyl (C=O) groups is 1. The summed E-state index contributed by atoms with van der Waals surface area (Å²) in [6, 6.07) is 0. The molecular formula is C13H24N2O2S. The number of hydrogen-bond acceptors (Lipinski definition) is 3. The standard InChI is InChI=1S/C13H24N2O2S/c14-12(18)6-1-3-9-15-13(16)8-7-11-5-2-4-10-17-11/h11H,1-10H2,(H2,14,18)(H,15,16). The predicted molar refractivity (Wildman–Crippen MR) is 76.5 cm³/mol.